The number of amides is 4. The maximum absolute atomic E-state index is 13.8. The van der Waals surface area contributed by atoms with Crippen LogP contribution in [0.25, 0.3) is 0 Å². The van der Waals surface area contributed by atoms with E-state index in [1.165, 1.54) is 5.56 Å². The molecule has 5 rings (SSSR count). The van der Waals surface area contributed by atoms with Crippen LogP contribution in [0.3, 0.4) is 0 Å². The molecule has 0 aliphatic carbocycles. The molecule has 4 amide bonds. The van der Waals surface area contributed by atoms with Crippen LogP contribution in [0, 0.1) is 5.92 Å². The molecule has 0 unspecified atom stereocenters. The van der Waals surface area contributed by atoms with Gasteiger partial charge in [0.25, 0.3) is 5.91 Å². The van der Waals surface area contributed by atoms with Gasteiger partial charge in [0, 0.05) is 19.5 Å². The van der Waals surface area contributed by atoms with Gasteiger partial charge >= 0.3 is 6.03 Å². The summed E-state index contributed by atoms with van der Waals surface area (Å²) >= 11 is 0. The van der Waals surface area contributed by atoms with E-state index in [-0.39, 0.29) is 18.4 Å². The molecule has 0 bridgehead atoms. The summed E-state index contributed by atoms with van der Waals surface area (Å²) in [5, 5.41) is 2.94. The fraction of sp³-hybridized carbons (Fsp3) is 0.300. The quantitative estimate of drug-likeness (QED) is 0.516. The minimum Gasteiger partial charge on any atom is -0.341 e. The van der Waals surface area contributed by atoms with Gasteiger partial charge in [0.15, 0.2) is 5.54 Å². The Morgan fingerprint density at radius 2 is 1.36 bits per heavy atom. The second-order valence-electron chi connectivity index (χ2n) is 9.77. The molecule has 1 atom stereocenters. The first kappa shape index (κ1) is 23.8. The minimum absolute atomic E-state index is 0.180. The lowest BCUT2D eigenvalue weighted by Gasteiger charge is -2.33. The number of carbonyl (C=O) groups excluding carboxylic acids is 3. The van der Waals surface area contributed by atoms with Crippen LogP contribution in [-0.2, 0) is 28.0 Å². The number of urea groups is 1. The monoisotopic (exact) mass is 481 g/mol. The third-order valence-corrected chi connectivity index (χ3v) is 7.38. The molecule has 0 radical (unpaired) electrons. The number of hydrogen-bond acceptors (Lipinski definition) is 3. The summed E-state index contributed by atoms with van der Waals surface area (Å²) in [6, 6.07) is 28.8. The molecular weight excluding hydrogens is 450 g/mol. The zero-order valence-corrected chi connectivity index (χ0v) is 20.3. The van der Waals surface area contributed by atoms with E-state index in [0.29, 0.717) is 31.0 Å². The van der Waals surface area contributed by atoms with Gasteiger partial charge in [0.05, 0.1) is 0 Å². The van der Waals surface area contributed by atoms with Crippen molar-refractivity contribution in [3.8, 4) is 0 Å². The van der Waals surface area contributed by atoms with E-state index in [9.17, 15) is 14.4 Å². The highest BCUT2D eigenvalue weighted by atomic mass is 16.2. The smallest absolute Gasteiger partial charge is 0.325 e. The van der Waals surface area contributed by atoms with Crippen LogP contribution in [-0.4, -0.2) is 47.3 Å². The van der Waals surface area contributed by atoms with Crippen LogP contribution in [0.5, 0.6) is 0 Å². The van der Waals surface area contributed by atoms with Crippen LogP contribution in [0.4, 0.5) is 4.79 Å². The molecule has 1 N–H and O–H groups in total. The van der Waals surface area contributed by atoms with Crippen molar-refractivity contribution < 1.29 is 14.4 Å². The lowest BCUT2D eigenvalue weighted by atomic mass is 9.83. The van der Waals surface area contributed by atoms with Gasteiger partial charge in [-0.3, -0.25) is 14.5 Å². The van der Waals surface area contributed by atoms with Gasteiger partial charge in [0.1, 0.15) is 6.54 Å². The summed E-state index contributed by atoms with van der Waals surface area (Å²) < 4.78 is 0. The molecule has 2 aliphatic heterocycles. The number of nitrogens with one attached hydrogen (secondary N) is 1. The average Bonchev–Trinajstić information content (AvgIpc) is 3.15. The van der Waals surface area contributed by atoms with Crippen molar-refractivity contribution in [2.75, 3.05) is 19.6 Å². The van der Waals surface area contributed by atoms with Crippen LogP contribution in [0.2, 0.25) is 0 Å². The van der Waals surface area contributed by atoms with E-state index in [4.69, 9.17) is 0 Å². The molecule has 184 valence electrons. The van der Waals surface area contributed by atoms with Gasteiger partial charge < -0.3 is 10.2 Å². The van der Waals surface area contributed by atoms with Crippen molar-refractivity contribution in [1.29, 1.82) is 0 Å². The van der Waals surface area contributed by atoms with Gasteiger partial charge in [-0.25, -0.2) is 4.79 Å². The fourth-order valence-electron chi connectivity index (χ4n) is 5.38. The number of benzene rings is 3. The Morgan fingerprint density at radius 3 is 1.97 bits per heavy atom. The summed E-state index contributed by atoms with van der Waals surface area (Å²) in [5.41, 5.74) is 1.73. The third kappa shape index (κ3) is 4.89. The third-order valence-electron chi connectivity index (χ3n) is 7.38. The highest BCUT2D eigenvalue weighted by molar-refractivity contribution is 6.09. The molecule has 6 nitrogen and oxygen atoms in total. The second kappa shape index (κ2) is 10.4. The van der Waals surface area contributed by atoms with Crippen molar-refractivity contribution in [1.82, 2.24) is 15.1 Å². The van der Waals surface area contributed by atoms with Crippen molar-refractivity contribution in [3.63, 3.8) is 0 Å². The molecule has 2 aliphatic rings. The SMILES string of the molecule is O=C(CN1C(=O)N[C@@](Cc2ccccc2)(c2ccccc2)C1=O)N1CCC(Cc2ccccc2)CC1. The first-order chi connectivity index (χ1) is 17.5. The molecule has 6 heteroatoms. The zero-order chi connectivity index (χ0) is 25.0. The first-order valence-corrected chi connectivity index (χ1v) is 12.6. The number of rotatable bonds is 7. The van der Waals surface area contributed by atoms with Gasteiger partial charge in [-0.2, -0.15) is 0 Å². The van der Waals surface area contributed by atoms with Crippen LogP contribution < -0.4 is 5.32 Å². The largest absolute Gasteiger partial charge is 0.341 e. The Morgan fingerprint density at radius 1 is 0.806 bits per heavy atom. The Bertz CT molecular complexity index is 1210. The molecule has 3 aromatic carbocycles. The summed E-state index contributed by atoms with van der Waals surface area (Å²) in [7, 11) is 0. The zero-order valence-electron chi connectivity index (χ0n) is 20.3. The topological polar surface area (TPSA) is 69.7 Å². The number of hydrogen-bond donors (Lipinski definition) is 1. The van der Waals surface area contributed by atoms with Crippen LogP contribution in [0.1, 0.15) is 29.5 Å². The van der Waals surface area contributed by atoms with Crippen molar-refractivity contribution >= 4 is 17.8 Å². The first-order valence-electron chi connectivity index (χ1n) is 12.6. The van der Waals surface area contributed by atoms with Gasteiger partial charge in [0.2, 0.25) is 5.91 Å². The van der Waals surface area contributed by atoms with Gasteiger partial charge in [-0.1, -0.05) is 91.0 Å². The van der Waals surface area contributed by atoms with Crippen LogP contribution in [0.15, 0.2) is 91.0 Å². The maximum Gasteiger partial charge on any atom is 0.325 e. The fourth-order valence-corrected chi connectivity index (χ4v) is 5.38. The second-order valence-corrected chi connectivity index (χ2v) is 9.77. The molecule has 2 fully saturated rings. The van der Waals surface area contributed by atoms with E-state index >= 15 is 0 Å². The summed E-state index contributed by atoms with van der Waals surface area (Å²) in [6.07, 6.45) is 3.17. The highest BCUT2D eigenvalue weighted by Gasteiger charge is 2.53. The lowest BCUT2D eigenvalue weighted by Crippen LogP contribution is -2.48. The Hall–Kier alpha value is -3.93. The number of carbonyl (C=O) groups is 3. The molecular formula is C30H31N3O3. The van der Waals surface area contributed by atoms with Gasteiger partial charge in [-0.15, -0.1) is 0 Å². The van der Waals surface area contributed by atoms with E-state index < -0.39 is 11.6 Å². The molecule has 2 heterocycles. The van der Waals surface area contributed by atoms with Crippen molar-refractivity contribution in [2.24, 2.45) is 5.92 Å². The molecule has 0 aromatic heterocycles. The van der Waals surface area contributed by atoms with Crippen molar-refractivity contribution in [3.05, 3.63) is 108 Å². The number of piperidine rings is 1. The Kier molecular flexibility index (Phi) is 6.85. The number of imide groups is 1. The molecule has 0 spiro atoms. The molecule has 0 saturated carbocycles. The normalized spacial score (nSPS) is 20.4. The Balaban J connectivity index is 1.27. The number of likely N-dealkylation sites (tertiary alicyclic amines) is 1. The van der Waals surface area contributed by atoms with Crippen molar-refractivity contribution in [2.45, 2.75) is 31.2 Å². The van der Waals surface area contributed by atoms with Gasteiger partial charge in [-0.05, 0) is 41.9 Å². The summed E-state index contributed by atoms with van der Waals surface area (Å²) in [4.78, 5) is 42.9. The highest BCUT2D eigenvalue weighted by Crippen LogP contribution is 2.33. The predicted molar refractivity (Wildman–Crippen MR) is 138 cm³/mol. The number of nitrogens with zero attached hydrogens (tertiary/aromatic N) is 2. The molecule has 2 saturated heterocycles. The maximum atomic E-state index is 13.8. The standard InChI is InChI=1S/C30H31N3O3/c34-27(32-18-16-24(17-19-32)20-23-10-4-1-5-11-23)22-33-28(35)30(31-29(33)36,26-14-8-3-9-15-26)21-25-12-6-2-7-13-25/h1-15,24H,16-22H2,(H,31,36)/t30-/m0/s1. The molecule has 36 heavy (non-hydrogen) atoms. The van der Waals surface area contributed by atoms with Crippen LogP contribution >= 0.6 is 0 Å². The summed E-state index contributed by atoms with van der Waals surface area (Å²) in [6.45, 7) is 1.05. The lowest BCUT2D eigenvalue weighted by molar-refractivity contribution is -0.140. The molecule has 3 aromatic rings. The van der Waals surface area contributed by atoms with E-state index in [1.807, 2.05) is 66.7 Å². The minimum atomic E-state index is -1.23. The van der Waals surface area contributed by atoms with E-state index in [1.54, 1.807) is 4.90 Å². The van der Waals surface area contributed by atoms with E-state index in [0.717, 1.165) is 29.7 Å². The predicted octanol–water partition coefficient (Wildman–Crippen LogP) is 4.16. The van der Waals surface area contributed by atoms with E-state index in [2.05, 4.69) is 29.6 Å². The summed E-state index contributed by atoms with van der Waals surface area (Å²) in [5.74, 6) is -0.0279. The Labute approximate surface area is 211 Å². The average molecular weight is 482 g/mol.